The molecule has 0 atom stereocenters. The quantitative estimate of drug-likeness (QED) is 0.346. The van der Waals surface area contributed by atoms with Crippen molar-refractivity contribution in [1.29, 1.82) is 0 Å². The summed E-state index contributed by atoms with van der Waals surface area (Å²) in [5.74, 6) is 2.12. The molecule has 1 heterocycles. The lowest BCUT2D eigenvalue weighted by atomic mass is 9.83. The second-order valence-electron chi connectivity index (χ2n) is 9.77. The van der Waals surface area contributed by atoms with Crippen molar-refractivity contribution in [3.8, 4) is 34.2 Å². The van der Waals surface area contributed by atoms with Crippen molar-refractivity contribution < 1.29 is 0 Å². The van der Waals surface area contributed by atoms with E-state index in [2.05, 4.69) is 109 Å². The summed E-state index contributed by atoms with van der Waals surface area (Å²) in [5, 5.41) is 0. The molecule has 0 radical (unpaired) electrons. The van der Waals surface area contributed by atoms with Crippen LogP contribution in [0.3, 0.4) is 0 Å². The van der Waals surface area contributed by atoms with E-state index >= 15 is 0 Å². The molecule has 0 spiro atoms. The van der Waals surface area contributed by atoms with Crippen LogP contribution in [0.1, 0.15) is 48.6 Å². The zero-order chi connectivity index (χ0) is 23.0. The van der Waals surface area contributed by atoms with Gasteiger partial charge in [-0.2, -0.15) is 0 Å². The molecule has 0 aliphatic heterocycles. The lowest BCUT2D eigenvalue weighted by Gasteiger charge is -2.22. The van der Waals surface area contributed by atoms with Gasteiger partial charge in [0.05, 0.1) is 0 Å². The monoisotopic (exact) mass is 421 g/mol. The Morgan fingerprint density at radius 3 is 1.28 bits per heavy atom. The van der Waals surface area contributed by atoms with Gasteiger partial charge in [0, 0.05) is 16.7 Å². The van der Waals surface area contributed by atoms with E-state index in [9.17, 15) is 0 Å². The average Bonchev–Trinajstić information content (AvgIpc) is 2.73. The van der Waals surface area contributed by atoms with Gasteiger partial charge in [0.1, 0.15) is 0 Å². The van der Waals surface area contributed by atoms with E-state index in [1.54, 1.807) is 0 Å². The topological polar surface area (TPSA) is 38.7 Å². The van der Waals surface area contributed by atoms with Crippen molar-refractivity contribution in [3.05, 3.63) is 88.5 Å². The van der Waals surface area contributed by atoms with Crippen molar-refractivity contribution in [1.82, 2.24) is 15.0 Å². The van der Waals surface area contributed by atoms with Crippen LogP contribution in [0.25, 0.3) is 34.2 Å². The first kappa shape index (κ1) is 21.9. The molecule has 0 aliphatic rings. The van der Waals surface area contributed by atoms with E-state index in [0.717, 1.165) is 22.5 Å². The molecule has 3 heteroatoms. The fourth-order valence-electron chi connectivity index (χ4n) is 3.90. The standard InChI is InChI=1S/C29H31N3/c1-18-8-12-22(13-9-18)26-30-27(23-14-10-19(2)11-15-23)32-28(31-26)25-20(3)16-24(17-21(25)4)29(5,6)7/h8-17H,1-7H3. The zero-order valence-electron chi connectivity index (χ0n) is 20.1. The molecule has 0 fully saturated rings. The van der Waals surface area contributed by atoms with E-state index in [-0.39, 0.29) is 5.41 Å². The zero-order valence-corrected chi connectivity index (χ0v) is 20.1. The van der Waals surface area contributed by atoms with Gasteiger partial charge >= 0.3 is 0 Å². The van der Waals surface area contributed by atoms with E-state index in [0.29, 0.717) is 11.6 Å². The molecule has 0 saturated heterocycles. The Labute approximate surface area is 191 Å². The van der Waals surface area contributed by atoms with Crippen LogP contribution in [0.4, 0.5) is 0 Å². The third-order valence-electron chi connectivity index (χ3n) is 5.88. The van der Waals surface area contributed by atoms with Crippen molar-refractivity contribution in [3.63, 3.8) is 0 Å². The number of aryl methyl sites for hydroxylation is 4. The maximum absolute atomic E-state index is 4.94. The number of hydrogen-bond donors (Lipinski definition) is 0. The highest BCUT2D eigenvalue weighted by molar-refractivity contribution is 5.71. The van der Waals surface area contributed by atoms with Gasteiger partial charge in [-0.3, -0.25) is 0 Å². The summed E-state index contributed by atoms with van der Waals surface area (Å²) in [7, 11) is 0. The molecule has 32 heavy (non-hydrogen) atoms. The van der Waals surface area contributed by atoms with Crippen molar-refractivity contribution in [2.45, 2.75) is 53.9 Å². The predicted molar refractivity (Wildman–Crippen MR) is 134 cm³/mol. The maximum atomic E-state index is 4.94. The highest BCUT2D eigenvalue weighted by atomic mass is 15.0. The summed E-state index contributed by atoms with van der Waals surface area (Å²) in [6.45, 7) is 15.2. The molecule has 0 saturated carbocycles. The maximum Gasteiger partial charge on any atom is 0.164 e. The second kappa shape index (κ2) is 8.31. The van der Waals surface area contributed by atoms with Crippen LogP contribution in [0.5, 0.6) is 0 Å². The lowest BCUT2D eigenvalue weighted by molar-refractivity contribution is 0.589. The largest absolute Gasteiger partial charge is 0.208 e. The minimum Gasteiger partial charge on any atom is -0.208 e. The Morgan fingerprint density at radius 2 is 0.906 bits per heavy atom. The summed E-state index contributed by atoms with van der Waals surface area (Å²) in [6.07, 6.45) is 0. The number of aromatic nitrogens is 3. The van der Waals surface area contributed by atoms with Crippen LogP contribution >= 0.6 is 0 Å². The second-order valence-corrected chi connectivity index (χ2v) is 9.77. The molecule has 4 aromatic rings. The number of benzene rings is 3. The molecule has 4 rings (SSSR count). The molecule has 0 N–H and O–H groups in total. The number of hydrogen-bond acceptors (Lipinski definition) is 3. The smallest absolute Gasteiger partial charge is 0.164 e. The molecule has 3 aromatic carbocycles. The van der Waals surface area contributed by atoms with E-state index < -0.39 is 0 Å². The van der Waals surface area contributed by atoms with Gasteiger partial charge in [-0.15, -0.1) is 0 Å². The molecule has 3 nitrogen and oxygen atoms in total. The molecule has 0 unspecified atom stereocenters. The minimum absolute atomic E-state index is 0.0905. The van der Waals surface area contributed by atoms with Crippen LogP contribution in [0.2, 0.25) is 0 Å². The summed E-state index contributed by atoms with van der Waals surface area (Å²) >= 11 is 0. The summed E-state index contributed by atoms with van der Waals surface area (Å²) < 4.78 is 0. The molecule has 0 amide bonds. The highest BCUT2D eigenvalue weighted by Gasteiger charge is 2.20. The van der Waals surface area contributed by atoms with Crippen molar-refractivity contribution in [2.75, 3.05) is 0 Å². The Kier molecular flexibility index (Phi) is 5.68. The number of nitrogens with zero attached hydrogens (tertiary/aromatic N) is 3. The lowest BCUT2D eigenvalue weighted by Crippen LogP contribution is -2.12. The fraction of sp³-hybridized carbons (Fsp3) is 0.276. The SMILES string of the molecule is Cc1ccc(-c2nc(-c3ccc(C)cc3)nc(-c3c(C)cc(C(C)(C)C)cc3C)n2)cc1. The van der Waals surface area contributed by atoms with Gasteiger partial charge in [0.15, 0.2) is 17.5 Å². The molecule has 1 aromatic heterocycles. The van der Waals surface area contributed by atoms with Gasteiger partial charge < -0.3 is 0 Å². The molecule has 162 valence electrons. The average molecular weight is 422 g/mol. The van der Waals surface area contributed by atoms with Crippen molar-refractivity contribution in [2.24, 2.45) is 0 Å². The van der Waals surface area contributed by atoms with E-state index in [1.807, 2.05) is 0 Å². The Morgan fingerprint density at radius 1 is 0.531 bits per heavy atom. The van der Waals surface area contributed by atoms with Crippen LogP contribution in [0, 0.1) is 27.7 Å². The normalized spacial score (nSPS) is 11.6. The van der Waals surface area contributed by atoms with E-state index in [4.69, 9.17) is 15.0 Å². The highest BCUT2D eigenvalue weighted by Crippen LogP contribution is 2.33. The predicted octanol–water partition coefficient (Wildman–Crippen LogP) is 7.40. The Balaban J connectivity index is 1.94. The van der Waals surface area contributed by atoms with Gasteiger partial charge in [0.2, 0.25) is 0 Å². The first-order chi connectivity index (χ1) is 15.1. The van der Waals surface area contributed by atoms with Crippen molar-refractivity contribution >= 4 is 0 Å². The summed E-state index contributed by atoms with van der Waals surface area (Å²) in [4.78, 5) is 14.7. The summed E-state index contributed by atoms with van der Waals surface area (Å²) in [5.41, 5.74) is 9.29. The van der Waals surface area contributed by atoms with Gasteiger partial charge in [0.25, 0.3) is 0 Å². The van der Waals surface area contributed by atoms with Gasteiger partial charge in [-0.1, -0.05) is 92.6 Å². The third kappa shape index (κ3) is 4.47. The van der Waals surface area contributed by atoms with Gasteiger partial charge in [-0.25, -0.2) is 15.0 Å². The minimum atomic E-state index is 0.0905. The van der Waals surface area contributed by atoms with Crippen LogP contribution < -0.4 is 0 Å². The molecule has 0 bridgehead atoms. The first-order valence-corrected chi connectivity index (χ1v) is 11.1. The van der Waals surface area contributed by atoms with Gasteiger partial charge in [-0.05, 0) is 49.8 Å². The van der Waals surface area contributed by atoms with E-state index in [1.165, 1.54) is 27.8 Å². The Bertz CT molecular complexity index is 1170. The van der Waals surface area contributed by atoms with Crippen LogP contribution in [-0.2, 0) is 5.41 Å². The Hall–Kier alpha value is -3.33. The summed E-state index contributed by atoms with van der Waals surface area (Å²) in [6, 6.07) is 21.2. The van der Waals surface area contributed by atoms with Crippen LogP contribution in [0.15, 0.2) is 60.7 Å². The fourth-order valence-corrected chi connectivity index (χ4v) is 3.90. The molecule has 0 aliphatic carbocycles. The molecular formula is C29H31N3. The third-order valence-corrected chi connectivity index (χ3v) is 5.88. The van der Waals surface area contributed by atoms with Crippen LogP contribution in [-0.4, -0.2) is 15.0 Å². The first-order valence-electron chi connectivity index (χ1n) is 11.1. The molecular weight excluding hydrogens is 390 g/mol. The number of rotatable bonds is 3.